The van der Waals surface area contributed by atoms with E-state index in [9.17, 15) is 14.4 Å². The molecule has 30 heavy (non-hydrogen) atoms. The van der Waals surface area contributed by atoms with Crippen LogP contribution in [0.25, 0.3) is 0 Å². The lowest BCUT2D eigenvalue weighted by Crippen LogP contribution is -2.38. The molecule has 0 radical (unpaired) electrons. The molecule has 0 bridgehead atoms. The minimum atomic E-state index is -0.728. The van der Waals surface area contributed by atoms with Crippen molar-refractivity contribution in [1.29, 1.82) is 0 Å². The average Bonchev–Trinajstić information content (AvgIpc) is 3.31. The predicted molar refractivity (Wildman–Crippen MR) is 115 cm³/mol. The van der Waals surface area contributed by atoms with Gasteiger partial charge in [-0.1, -0.05) is 30.3 Å². The summed E-state index contributed by atoms with van der Waals surface area (Å²) in [4.78, 5) is 39.3. The third kappa shape index (κ3) is 4.99. The van der Waals surface area contributed by atoms with Crippen LogP contribution in [-0.2, 0) is 20.9 Å². The highest BCUT2D eigenvalue weighted by atomic mass is 32.1. The summed E-state index contributed by atoms with van der Waals surface area (Å²) in [5, 5.41) is 3.48. The molecular weight excluding hydrogens is 404 g/mol. The predicted octanol–water partition coefficient (Wildman–Crippen LogP) is 4.22. The minimum absolute atomic E-state index is 0.183. The Bertz CT molecular complexity index is 927. The van der Waals surface area contributed by atoms with Crippen LogP contribution in [0.3, 0.4) is 0 Å². The fraction of sp³-hybridized carbons (Fsp3) is 0.409. The lowest BCUT2D eigenvalue weighted by molar-refractivity contribution is -0.124. The Hall–Kier alpha value is -2.87. The van der Waals surface area contributed by atoms with E-state index in [4.69, 9.17) is 9.47 Å². The van der Waals surface area contributed by atoms with E-state index in [-0.39, 0.29) is 25.0 Å². The van der Waals surface area contributed by atoms with Gasteiger partial charge in [0.25, 0.3) is 0 Å². The molecule has 1 aromatic heterocycles. The Kier molecular flexibility index (Phi) is 6.77. The molecule has 2 aromatic rings. The summed E-state index contributed by atoms with van der Waals surface area (Å²) in [7, 11) is 0. The number of hydrogen-bond acceptors (Lipinski definition) is 6. The molecule has 1 fully saturated rings. The lowest BCUT2D eigenvalue weighted by atomic mass is 9.89. The maximum Gasteiger partial charge on any atom is 0.410 e. The first-order valence-electron chi connectivity index (χ1n) is 9.87. The van der Waals surface area contributed by atoms with E-state index in [1.165, 1.54) is 11.3 Å². The molecule has 2 heterocycles. The molecule has 1 aromatic carbocycles. The summed E-state index contributed by atoms with van der Waals surface area (Å²) < 4.78 is 10.4. The Balaban J connectivity index is 1.57. The second-order valence-electron chi connectivity index (χ2n) is 7.57. The molecule has 1 N–H and O–H groups in total. The summed E-state index contributed by atoms with van der Waals surface area (Å²) in [6.45, 7) is 6.62. The number of anilines is 1. The number of aryl methyl sites for hydroxylation is 1. The van der Waals surface area contributed by atoms with Gasteiger partial charge in [0, 0.05) is 13.1 Å². The van der Waals surface area contributed by atoms with Crippen LogP contribution in [0.5, 0.6) is 0 Å². The Labute approximate surface area is 180 Å². The molecule has 1 saturated heterocycles. The van der Waals surface area contributed by atoms with E-state index in [1.807, 2.05) is 37.3 Å². The number of nitrogens with one attached hydrogen (secondary N) is 1. The number of likely N-dealkylation sites (tertiary alicyclic amines) is 1. The van der Waals surface area contributed by atoms with Gasteiger partial charge >= 0.3 is 12.1 Å². The second kappa shape index (κ2) is 9.30. The summed E-state index contributed by atoms with van der Waals surface area (Å²) >= 11 is 1.19. The van der Waals surface area contributed by atoms with Crippen molar-refractivity contribution < 1.29 is 23.9 Å². The normalized spacial score (nSPS) is 18.2. The topological polar surface area (TPSA) is 84.9 Å². The summed E-state index contributed by atoms with van der Waals surface area (Å²) in [6, 6.07) is 11.2. The molecule has 1 unspecified atom stereocenters. The van der Waals surface area contributed by atoms with Crippen molar-refractivity contribution in [3.8, 4) is 0 Å². The second-order valence-corrected chi connectivity index (χ2v) is 8.62. The fourth-order valence-corrected chi connectivity index (χ4v) is 4.28. The molecule has 0 aliphatic carbocycles. The molecule has 8 heteroatoms. The smallest absolute Gasteiger partial charge is 0.410 e. The van der Waals surface area contributed by atoms with Crippen LogP contribution >= 0.6 is 11.3 Å². The SMILES string of the molecule is CCOC(=O)c1sc(NC(=O)C2(C)CCN(C(=O)OCc3ccccc3)C2)cc1C. The van der Waals surface area contributed by atoms with Crippen LogP contribution in [-0.4, -0.2) is 42.6 Å². The minimum Gasteiger partial charge on any atom is -0.462 e. The Morgan fingerprint density at radius 2 is 1.93 bits per heavy atom. The zero-order valence-corrected chi connectivity index (χ0v) is 18.2. The largest absolute Gasteiger partial charge is 0.462 e. The number of carbonyl (C=O) groups is 3. The lowest BCUT2D eigenvalue weighted by Gasteiger charge is -2.23. The van der Waals surface area contributed by atoms with Crippen molar-refractivity contribution in [2.45, 2.75) is 33.8 Å². The maximum absolute atomic E-state index is 12.9. The number of benzene rings is 1. The molecule has 1 aliphatic rings. The van der Waals surface area contributed by atoms with Crippen molar-refractivity contribution in [1.82, 2.24) is 4.90 Å². The number of nitrogens with zero attached hydrogens (tertiary/aromatic N) is 1. The van der Waals surface area contributed by atoms with E-state index in [0.29, 0.717) is 29.5 Å². The number of amides is 2. The molecule has 3 rings (SSSR count). The molecular formula is C22H26N2O5S. The Morgan fingerprint density at radius 3 is 2.63 bits per heavy atom. The first-order valence-corrected chi connectivity index (χ1v) is 10.7. The van der Waals surface area contributed by atoms with Crippen LogP contribution in [0.15, 0.2) is 36.4 Å². The van der Waals surface area contributed by atoms with E-state index >= 15 is 0 Å². The summed E-state index contributed by atoms with van der Waals surface area (Å²) in [6.07, 6.45) is 0.112. The number of rotatable bonds is 6. The highest BCUT2D eigenvalue weighted by Gasteiger charge is 2.42. The first-order chi connectivity index (χ1) is 14.3. The first kappa shape index (κ1) is 21.8. The molecule has 0 spiro atoms. The van der Waals surface area contributed by atoms with Crippen LogP contribution in [0.2, 0.25) is 0 Å². The van der Waals surface area contributed by atoms with Gasteiger partial charge in [0.15, 0.2) is 0 Å². The quantitative estimate of drug-likeness (QED) is 0.694. The van der Waals surface area contributed by atoms with E-state index in [2.05, 4.69) is 5.32 Å². The molecule has 2 amide bonds. The molecule has 1 aliphatic heterocycles. The van der Waals surface area contributed by atoms with Crippen LogP contribution in [0.4, 0.5) is 9.80 Å². The third-order valence-electron chi connectivity index (χ3n) is 5.10. The van der Waals surface area contributed by atoms with Gasteiger partial charge in [-0.2, -0.15) is 0 Å². The van der Waals surface area contributed by atoms with Gasteiger partial charge in [0.05, 0.1) is 17.0 Å². The third-order valence-corrected chi connectivity index (χ3v) is 6.23. The van der Waals surface area contributed by atoms with Gasteiger partial charge in [0.1, 0.15) is 11.5 Å². The Morgan fingerprint density at radius 1 is 1.20 bits per heavy atom. The molecule has 160 valence electrons. The summed E-state index contributed by atoms with van der Waals surface area (Å²) in [5.74, 6) is -0.572. The molecule has 0 saturated carbocycles. The van der Waals surface area contributed by atoms with Gasteiger partial charge in [-0.05, 0) is 44.4 Å². The molecule has 7 nitrogen and oxygen atoms in total. The van der Waals surface area contributed by atoms with Gasteiger partial charge in [-0.15, -0.1) is 11.3 Å². The number of carbonyl (C=O) groups excluding carboxylic acids is 3. The number of hydrogen-bond donors (Lipinski definition) is 1. The molecule has 1 atom stereocenters. The highest BCUT2D eigenvalue weighted by molar-refractivity contribution is 7.18. The maximum atomic E-state index is 12.9. The standard InChI is InChI=1S/C22H26N2O5S/c1-4-28-19(25)18-15(2)12-17(30-18)23-20(26)22(3)10-11-24(14-22)21(27)29-13-16-8-6-5-7-9-16/h5-9,12H,4,10-11,13-14H2,1-3H3,(H,23,26). The fourth-order valence-electron chi connectivity index (χ4n) is 3.32. The van der Waals surface area contributed by atoms with Crippen LogP contribution in [0.1, 0.15) is 41.1 Å². The van der Waals surface area contributed by atoms with E-state index < -0.39 is 11.5 Å². The zero-order valence-electron chi connectivity index (χ0n) is 17.4. The van der Waals surface area contributed by atoms with Gasteiger partial charge in [-0.25, -0.2) is 9.59 Å². The van der Waals surface area contributed by atoms with Crippen molar-refractivity contribution >= 4 is 34.3 Å². The van der Waals surface area contributed by atoms with E-state index in [1.54, 1.807) is 24.8 Å². The van der Waals surface area contributed by atoms with Crippen LogP contribution < -0.4 is 5.32 Å². The van der Waals surface area contributed by atoms with Gasteiger partial charge in [-0.3, -0.25) is 4.79 Å². The van der Waals surface area contributed by atoms with Crippen molar-refractivity contribution in [3.63, 3.8) is 0 Å². The number of esters is 1. The van der Waals surface area contributed by atoms with Crippen molar-refractivity contribution in [3.05, 3.63) is 52.4 Å². The average molecular weight is 431 g/mol. The van der Waals surface area contributed by atoms with Gasteiger partial charge in [0.2, 0.25) is 5.91 Å². The monoisotopic (exact) mass is 430 g/mol. The van der Waals surface area contributed by atoms with Gasteiger partial charge < -0.3 is 19.7 Å². The van der Waals surface area contributed by atoms with Crippen molar-refractivity contribution in [2.75, 3.05) is 25.0 Å². The highest BCUT2D eigenvalue weighted by Crippen LogP contribution is 2.34. The summed E-state index contributed by atoms with van der Waals surface area (Å²) in [5.41, 5.74) is 0.945. The number of ether oxygens (including phenoxy) is 2. The van der Waals surface area contributed by atoms with E-state index in [0.717, 1.165) is 11.1 Å². The van der Waals surface area contributed by atoms with Crippen LogP contribution in [0, 0.1) is 12.3 Å². The van der Waals surface area contributed by atoms with Crippen molar-refractivity contribution in [2.24, 2.45) is 5.41 Å². The number of thiophene rings is 1. The zero-order chi connectivity index (χ0) is 21.7.